The molecule has 0 bridgehead atoms. The highest BCUT2D eigenvalue weighted by atomic mass is 16.1. The van der Waals surface area contributed by atoms with Gasteiger partial charge < -0.3 is 4.90 Å². The molecular formula is C18H35NO. The van der Waals surface area contributed by atoms with E-state index in [0.717, 1.165) is 44.2 Å². The number of rotatable bonds is 8. The third-order valence-corrected chi connectivity index (χ3v) is 4.98. The molecule has 20 heavy (non-hydrogen) atoms. The van der Waals surface area contributed by atoms with Crippen LogP contribution in [0.2, 0.25) is 0 Å². The summed E-state index contributed by atoms with van der Waals surface area (Å²) in [5.74, 6) is 2.28. The van der Waals surface area contributed by atoms with E-state index in [2.05, 4.69) is 39.5 Å². The zero-order valence-corrected chi connectivity index (χ0v) is 14.3. The largest absolute Gasteiger partial charge is 0.300 e. The second-order valence-electron chi connectivity index (χ2n) is 7.24. The maximum atomic E-state index is 12.2. The second-order valence-corrected chi connectivity index (χ2v) is 7.24. The van der Waals surface area contributed by atoms with Crippen molar-refractivity contribution in [2.75, 3.05) is 13.1 Å². The van der Waals surface area contributed by atoms with Crippen LogP contribution in [0.1, 0.15) is 73.1 Å². The van der Waals surface area contributed by atoms with E-state index >= 15 is 0 Å². The van der Waals surface area contributed by atoms with E-state index < -0.39 is 0 Å². The number of unbranched alkanes of at least 4 members (excludes halogenated alkanes) is 2. The quantitative estimate of drug-likeness (QED) is 0.609. The van der Waals surface area contributed by atoms with Crippen molar-refractivity contribution in [3.05, 3.63) is 0 Å². The summed E-state index contributed by atoms with van der Waals surface area (Å²) in [6.45, 7) is 13.5. The van der Waals surface area contributed by atoms with Gasteiger partial charge in [0.1, 0.15) is 5.78 Å². The number of hydrogen-bond acceptors (Lipinski definition) is 2. The number of carbonyl (C=O) groups excluding carboxylic acids is 1. The fourth-order valence-electron chi connectivity index (χ4n) is 3.34. The van der Waals surface area contributed by atoms with Crippen LogP contribution in [0.15, 0.2) is 0 Å². The van der Waals surface area contributed by atoms with Crippen LogP contribution in [0.4, 0.5) is 0 Å². The van der Waals surface area contributed by atoms with E-state index in [1.165, 1.54) is 19.3 Å². The van der Waals surface area contributed by atoms with Crippen molar-refractivity contribution < 1.29 is 4.79 Å². The summed E-state index contributed by atoms with van der Waals surface area (Å²) in [6, 6.07) is 0.555. The van der Waals surface area contributed by atoms with E-state index in [0.29, 0.717) is 17.7 Å². The van der Waals surface area contributed by atoms with Crippen LogP contribution < -0.4 is 0 Å². The molecule has 1 saturated carbocycles. The molecule has 0 saturated heterocycles. The monoisotopic (exact) mass is 281 g/mol. The Kier molecular flexibility index (Phi) is 7.79. The second kappa shape index (κ2) is 8.81. The number of carbonyl (C=O) groups is 1. The number of ketones is 1. The highest BCUT2D eigenvalue weighted by molar-refractivity contribution is 5.82. The van der Waals surface area contributed by atoms with Crippen molar-refractivity contribution in [3.8, 4) is 0 Å². The number of nitrogens with zero attached hydrogens (tertiary/aromatic N) is 1. The van der Waals surface area contributed by atoms with Gasteiger partial charge in [-0.2, -0.15) is 0 Å². The molecule has 2 nitrogen and oxygen atoms in total. The van der Waals surface area contributed by atoms with Crippen molar-refractivity contribution in [1.29, 1.82) is 0 Å². The first-order chi connectivity index (χ1) is 9.45. The van der Waals surface area contributed by atoms with Crippen LogP contribution in [0.5, 0.6) is 0 Å². The SMILES string of the molecule is CCCCCN(CC1CC(C(C)C)CCC1=O)C(C)C. The first-order valence-corrected chi connectivity index (χ1v) is 8.72. The highest BCUT2D eigenvalue weighted by Crippen LogP contribution is 2.32. The average Bonchev–Trinajstić information content (AvgIpc) is 2.39. The van der Waals surface area contributed by atoms with Gasteiger partial charge in [-0.05, 0) is 51.5 Å². The Bertz CT molecular complexity index is 285. The molecule has 1 aliphatic carbocycles. The van der Waals surface area contributed by atoms with Crippen LogP contribution in [-0.2, 0) is 4.79 Å². The normalized spacial score (nSPS) is 24.1. The molecule has 2 atom stereocenters. The van der Waals surface area contributed by atoms with Crippen LogP contribution in [0.3, 0.4) is 0 Å². The van der Waals surface area contributed by atoms with Crippen LogP contribution in [0.25, 0.3) is 0 Å². The molecule has 0 amide bonds. The summed E-state index contributed by atoms with van der Waals surface area (Å²) in [7, 11) is 0. The molecule has 0 aliphatic heterocycles. The molecular weight excluding hydrogens is 246 g/mol. The molecule has 1 aliphatic rings. The Morgan fingerprint density at radius 1 is 1.20 bits per heavy atom. The van der Waals surface area contributed by atoms with Crippen molar-refractivity contribution in [2.45, 2.75) is 79.2 Å². The standard InChI is InChI=1S/C18H35NO/c1-6-7-8-11-19(15(4)5)13-17-12-16(14(2)3)9-10-18(17)20/h14-17H,6-13H2,1-5H3. The summed E-state index contributed by atoms with van der Waals surface area (Å²) in [5, 5.41) is 0. The Balaban J connectivity index is 2.54. The average molecular weight is 281 g/mol. The van der Waals surface area contributed by atoms with Gasteiger partial charge in [-0.3, -0.25) is 4.79 Å². The van der Waals surface area contributed by atoms with Gasteiger partial charge in [0, 0.05) is 24.9 Å². The predicted octanol–water partition coefficient (Wildman–Crippen LogP) is 4.53. The molecule has 0 radical (unpaired) electrons. The molecule has 1 rings (SSSR count). The topological polar surface area (TPSA) is 20.3 Å². The maximum Gasteiger partial charge on any atom is 0.137 e. The minimum absolute atomic E-state index is 0.292. The van der Waals surface area contributed by atoms with E-state index in [1.54, 1.807) is 0 Å². The van der Waals surface area contributed by atoms with E-state index in [1.807, 2.05) is 0 Å². The van der Waals surface area contributed by atoms with Crippen molar-refractivity contribution in [3.63, 3.8) is 0 Å². The summed E-state index contributed by atoms with van der Waals surface area (Å²) in [4.78, 5) is 14.8. The van der Waals surface area contributed by atoms with Gasteiger partial charge >= 0.3 is 0 Å². The maximum absolute atomic E-state index is 12.2. The summed E-state index contributed by atoms with van der Waals surface area (Å²) < 4.78 is 0. The lowest BCUT2D eigenvalue weighted by Gasteiger charge is -2.35. The molecule has 0 N–H and O–H groups in total. The van der Waals surface area contributed by atoms with Crippen molar-refractivity contribution in [1.82, 2.24) is 4.90 Å². The third kappa shape index (κ3) is 5.55. The Labute approximate surface area is 126 Å². The highest BCUT2D eigenvalue weighted by Gasteiger charge is 2.31. The van der Waals surface area contributed by atoms with Crippen molar-refractivity contribution in [2.24, 2.45) is 17.8 Å². The van der Waals surface area contributed by atoms with Gasteiger partial charge in [0.2, 0.25) is 0 Å². The molecule has 0 spiro atoms. The lowest BCUT2D eigenvalue weighted by molar-refractivity contribution is -0.126. The van der Waals surface area contributed by atoms with Crippen LogP contribution in [-0.4, -0.2) is 29.8 Å². The van der Waals surface area contributed by atoms with Gasteiger partial charge in [0.15, 0.2) is 0 Å². The molecule has 2 unspecified atom stereocenters. The minimum atomic E-state index is 0.292. The lowest BCUT2D eigenvalue weighted by atomic mass is 9.75. The summed E-state index contributed by atoms with van der Waals surface area (Å²) in [6.07, 6.45) is 6.88. The number of Topliss-reactive ketones (excluding diaryl/α,β-unsaturated/α-hetero) is 1. The molecule has 1 fully saturated rings. The van der Waals surface area contributed by atoms with E-state index in [9.17, 15) is 4.79 Å². The lowest BCUT2D eigenvalue weighted by Crippen LogP contribution is -2.41. The van der Waals surface area contributed by atoms with Crippen LogP contribution in [0, 0.1) is 17.8 Å². The zero-order chi connectivity index (χ0) is 15.1. The van der Waals surface area contributed by atoms with Gasteiger partial charge in [-0.15, -0.1) is 0 Å². The molecule has 0 aromatic heterocycles. The Morgan fingerprint density at radius 2 is 1.90 bits per heavy atom. The predicted molar refractivity (Wildman–Crippen MR) is 86.9 cm³/mol. The van der Waals surface area contributed by atoms with E-state index in [4.69, 9.17) is 0 Å². The molecule has 118 valence electrons. The molecule has 0 aromatic rings. The smallest absolute Gasteiger partial charge is 0.137 e. The first kappa shape index (κ1) is 17.7. The first-order valence-electron chi connectivity index (χ1n) is 8.72. The molecule has 0 aromatic carbocycles. The summed E-state index contributed by atoms with van der Waals surface area (Å²) >= 11 is 0. The Morgan fingerprint density at radius 3 is 2.45 bits per heavy atom. The van der Waals surface area contributed by atoms with Gasteiger partial charge in [0.25, 0.3) is 0 Å². The minimum Gasteiger partial charge on any atom is -0.300 e. The van der Waals surface area contributed by atoms with Gasteiger partial charge in [0.05, 0.1) is 0 Å². The fraction of sp³-hybridized carbons (Fsp3) is 0.944. The van der Waals surface area contributed by atoms with E-state index in [-0.39, 0.29) is 0 Å². The van der Waals surface area contributed by atoms with Crippen LogP contribution >= 0.6 is 0 Å². The molecule has 0 heterocycles. The summed E-state index contributed by atoms with van der Waals surface area (Å²) in [5.41, 5.74) is 0. The Hall–Kier alpha value is -0.370. The zero-order valence-electron chi connectivity index (χ0n) is 14.3. The third-order valence-electron chi connectivity index (χ3n) is 4.98. The number of hydrogen-bond donors (Lipinski definition) is 0. The fourth-order valence-corrected chi connectivity index (χ4v) is 3.34. The molecule has 2 heteroatoms. The van der Waals surface area contributed by atoms with Gasteiger partial charge in [-0.1, -0.05) is 33.6 Å². The van der Waals surface area contributed by atoms with Crippen molar-refractivity contribution >= 4 is 5.78 Å². The van der Waals surface area contributed by atoms with Gasteiger partial charge in [-0.25, -0.2) is 0 Å².